The molecule has 0 bridgehead atoms. The first-order valence-corrected chi connectivity index (χ1v) is 5.86. The predicted octanol–water partition coefficient (Wildman–Crippen LogP) is 2.20. The molecule has 0 fully saturated rings. The van der Waals surface area contributed by atoms with Gasteiger partial charge in [0.1, 0.15) is 9.88 Å². The number of nitro groups is 1. The van der Waals surface area contributed by atoms with Gasteiger partial charge in [-0.1, -0.05) is 0 Å². The third-order valence-electron chi connectivity index (χ3n) is 2.25. The summed E-state index contributed by atoms with van der Waals surface area (Å²) < 4.78 is 0. The van der Waals surface area contributed by atoms with Gasteiger partial charge in [0, 0.05) is 17.7 Å². The Labute approximate surface area is 110 Å². The first kappa shape index (κ1) is 12.7. The summed E-state index contributed by atoms with van der Waals surface area (Å²) in [7, 11) is 0. The van der Waals surface area contributed by atoms with Crippen molar-refractivity contribution in [2.75, 3.05) is 0 Å². The Morgan fingerprint density at radius 2 is 2.11 bits per heavy atom. The zero-order valence-corrected chi connectivity index (χ0v) is 10.2. The van der Waals surface area contributed by atoms with Crippen LogP contribution in [-0.2, 0) is 0 Å². The largest absolute Gasteiger partial charge is 0.361 e. The SMILES string of the molecule is [N-]=[N+]=CC(=O)c1cnc(-c2ccc([N+](=O)[O-])cc2)s1. The van der Waals surface area contributed by atoms with Crippen LogP contribution in [0.1, 0.15) is 9.67 Å². The smallest absolute Gasteiger partial charge is 0.328 e. The molecule has 0 radical (unpaired) electrons. The van der Waals surface area contributed by atoms with Crippen molar-refractivity contribution in [2.45, 2.75) is 0 Å². The van der Waals surface area contributed by atoms with Gasteiger partial charge >= 0.3 is 6.21 Å². The highest BCUT2D eigenvalue weighted by molar-refractivity contribution is 7.17. The van der Waals surface area contributed by atoms with E-state index in [0.717, 1.165) is 17.6 Å². The number of non-ortho nitro benzene ring substituents is 1. The third-order valence-corrected chi connectivity index (χ3v) is 3.31. The van der Waals surface area contributed by atoms with Gasteiger partial charge in [0.2, 0.25) is 0 Å². The molecule has 0 aliphatic rings. The number of hydrogen-bond donors (Lipinski definition) is 0. The normalized spacial score (nSPS) is 9.68. The van der Waals surface area contributed by atoms with E-state index in [1.807, 2.05) is 0 Å². The van der Waals surface area contributed by atoms with Gasteiger partial charge in [0.15, 0.2) is 0 Å². The molecule has 0 saturated carbocycles. The molecule has 1 heterocycles. The van der Waals surface area contributed by atoms with Crippen LogP contribution in [0.25, 0.3) is 16.1 Å². The second-order valence-electron chi connectivity index (χ2n) is 3.44. The number of ketones is 1. The lowest BCUT2D eigenvalue weighted by atomic mass is 10.2. The van der Waals surface area contributed by atoms with Crippen molar-refractivity contribution >= 4 is 29.0 Å². The van der Waals surface area contributed by atoms with E-state index in [0.29, 0.717) is 15.4 Å². The maximum absolute atomic E-state index is 11.4. The number of nitro benzene ring substituents is 1. The van der Waals surface area contributed by atoms with E-state index in [2.05, 4.69) is 9.77 Å². The molecule has 0 amide bonds. The van der Waals surface area contributed by atoms with Crippen LogP contribution >= 0.6 is 11.3 Å². The number of benzene rings is 1. The first-order chi connectivity index (χ1) is 9.11. The molecule has 0 unspecified atom stereocenters. The number of carbonyl (C=O) groups excluding carboxylic acids is 1. The highest BCUT2D eigenvalue weighted by atomic mass is 32.1. The minimum absolute atomic E-state index is 0.0102. The maximum Gasteiger partial charge on any atom is 0.328 e. The summed E-state index contributed by atoms with van der Waals surface area (Å²) in [5.74, 6) is -0.451. The highest BCUT2D eigenvalue weighted by Gasteiger charge is 2.13. The zero-order valence-electron chi connectivity index (χ0n) is 9.39. The summed E-state index contributed by atoms with van der Waals surface area (Å²) >= 11 is 1.12. The van der Waals surface area contributed by atoms with Crippen LogP contribution in [0.4, 0.5) is 5.69 Å². The average Bonchev–Trinajstić information content (AvgIpc) is 2.89. The number of hydrogen-bond acceptors (Lipinski definition) is 5. The summed E-state index contributed by atoms with van der Waals surface area (Å²) in [6, 6.07) is 5.86. The lowest BCUT2D eigenvalue weighted by molar-refractivity contribution is -0.384. The van der Waals surface area contributed by atoms with Crippen molar-refractivity contribution in [3.63, 3.8) is 0 Å². The van der Waals surface area contributed by atoms with Gasteiger partial charge in [0.05, 0.1) is 11.1 Å². The van der Waals surface area contributed by atoms with E-state index < -0.39 is 10.7 Å². The monoisotopic (exact) mass is 274 g/mol. The fourth-order valence-corrected chi connectivity index (χ4v) is 2.19. The van der Waals surface area contributed by atoms with Crippen LogP contribution < -0.4 is 0 Å². The number of nitrogens with zero attached hydrogens (tertiary/aromatic N) is 4. The van der Waals surface area contributed by atoms with Gasteiger partial charge < -0.3 is 5.53 Å². The second-order valence-corrected chi connectivity index (χ2v) is 4.47. The van der Waals surface area contributed by atoms with E-state index in [9.17, 15) is 14.9 Å². The van der Waals surface area contributed by atoms with E-state index in [-0.39, 0.29) is 5.69 Å². The Balaban J connectivity index is 2.30. The standard InChI is InChI=1S/C11H6N4O3S/c12-14-5-9(16)10-6-13-11(19-10)7-1-3-8(4-2-7)15(17)18/h1-6H. The van der Waals surface area contributed by atoms with Gasteiger partial charge in [-0.3, -0.25) is 14.9 Å². The molecule has 0 spiro atoms. The lowest BCUT2D eigenvalue weighted by Gasteiger charge is -1.95. The van der Waals surface area contributed by atoms with Gasteiger partial charge in [-0.05, 0) is 12.1 Å². The Bertz CT molecular complexity index is 686. The van der Waals surface area contributed by atoms with Crippen molar-refractivity contribution in [3.05, 3.63) is 51.0 Å². The minimum atomic E-state index is -0.488. The summed E-state index contributed by atoms with van der Waals surface area (Å²) in [5, 5.41) is 11.1. The predicted molar refractivity (Wildman–Crippen MR) is 68.2 cm³/mol. The highest BCUT2D eigenvalue weighted by Crippen LogP contribution is 2.26. The molecule has 0 aliphatic carbocycles. The molecule has 0 atom stereocenters. The van der Waals surface area contributed by atoms with Crippen molar-refractivity contribution in [1.29, 1.82) is 0 Å². The van der Waals surface area contributed by atoms with E-state index >= 15 is 0 Å². The number of carbonyl (C=O) groups is 1. The fraction of sp³-hybridized carbons (Fsp3) is 0. The molecule has 0 saturated heterocycles. The summed E-state index contributed by atoms with van der Waals surface area (Å²) in [4.78, 5) is 28.5. The lowest BCUT2D eigenvalue weighted by Crippen LogP contribution is -1.96. The molecule has 7 nitrogen and oxygen atoms in total. The Hall–Kier alpha value is -2.70. The second kappa shape index (κ2) is 5.30. The van der Waals surface area contributed by atoms with E-state index in [4.69, 9.17) is 5.53 Å². The zero-order chi connectivity index (χ0) is 13.8. The van der Waals surface area contributed by atoms with Crippen LogP contribution in [-0.4, -0.2) is 26.7 Å². The Morgan fingerprint density at radius 1 is 1.42 bits per heavy atom. The number of Topliss-reactive ketones (excluding diaryl/α,β-unsaturated/α-hetero) is 1. The Kier molecular flexibility index (Phi) is 3.56. The third kappa shape index (κ3) is 2.76. The molecule has 1 aromatic carbocycles. The first-order valence-electron chi connectivity index (χ1n) is 5.04. The molecule has 1 aromatic heterocycles. The molecule has 0 N–H and O–H groups in total. The molecule has 0 aliphatic heterocycles. The minimum Gasteiger partial charge on any atom is -0.361 e. The van der Waals surface area contributed by atoms with Crippen LogP contribution in [0.2, 0.25) is 0 Å². The Morgan fingerprint density at radius 3 is 2.68 bits per heavy atom. The molecule has 19 heavy (non-hydrogen) atoms. The quantitative estimate of drug-likeness (QED) is 0.212. The summed E-state index contributed by atoms with van der Waals surface area (Å²) in [5.41, 5.74) is 8.94. The molecule has 2 aromatic rings. The number of aromatic nitrogens is 1. The van der Waals surface area contributed by atoms with Crippen LogP contribution in [0.5, 0.6) is 0 Å². The van der Waals surface area contributed by atoms with Crippen LogP contribution in [0.15, 0.2) is 30.5 Å². The fourth-order valence-electron chi connectivity index (χ4n) is 1.36. The maximum atomic E-state index is 11.4. The average molecular weight is 274 g/mol. The summed E-state index contributed by atoms with van der Waals surface area (Å²) in [6.07, 6.45) is 2.15. The molecular formula is C11H6N4O3S. The number of thiazole rings is 1. The topological polar surface area (TPSA) is 110 Å². The van der Waals surface area contributed by atoms with Crippen LogP contribution in [0, 0.1) is 10.1 Å². The molecule has 2 rings (SSSR count). The van der Waals surface area contributed by atoms with Gasteiger partial charge in [-0.15, -0.1) is 11.3 Å². The molecular weight excluding hydrogens is 268 g/mol. The van der Waals surface area contributed by atoms with Crippen molar-refractivity contribution in [3.8, 4) is 10.6 Å². The van der Waals surface area contributed by atoms with E-state index in [1.165, 1.54) is 18.3 Å². The van der Waals surface area contributed by atoms with Crippen LogP contribution in [0.3, 0.4) is 0 Å². The van der Waals surface area contributed by atoms with Crippen molar-refractivity contribution < 1.29 is 14.5 Å². The molecule has 94 valence electrons. The van der Waals surface area contributed by atoms with Gasteiger partial charge in [0.25, 0.3) is 11.5 Å². The van der Waals surface area contributed by atoms with Crippen molar-refractivity contribution in [2.24, 2.45) is 0 Å². The van der Waals surface area contributed by atoms with Gasteiger partial charge in [-0.25, -0.2) is 4.98 Å². The number of rotatable bonds is 4. The van der Waals surface area contributed by atoms with Crippen molar-refractivity contribution in [1.82, 2.24) is 4.98 Å². The summed E-state index contributed by atoms with van der Waals surface area (Å²) in [6.45, 7) is 0. The molecule has 8 heteroatoms. The van der Waals surface area contributed by atoms with Gasteiger partial charge in [-0.2, -0.15) is 4.79 Å². The van der Waals surface area contributed by atoms with E-state index in [1.54, 1.807) is 12.1 Å².